The van der Waals surface area contributed by atoms with Crippen molar-refractivity contribution in [3.8, 4) is 11.5 Å². The zero-order valence-corrected chi connectivity index (χ0v) is 12.9. The first-order valence-corrected chi connectivity index (χ1v) is 7.85. The van der Waals surface area contributed by atoms with Crippen LogP contribution in [0.5, 0.6) is 11.5 Å². The van der Waals surface area contributed by atoms with Gasteiger partial charge in [-0.05, 0) is 38.7 Å². The molecule has 0 spiro atoms. The van der Waals surface area contributed by atoms with Crippen LogP contribution < -0.4 is 14.8 Å². The fourth-order valence-corrected chi connectivity index (χ4v) is 2.59. The number of hydrogen-bond acceptors (Lipinski definition) is 3. The molecule has 1 aromatic rings. The molecule has 1 aliphatic rings. The van der Waals surface area contributed by atoms with Gasteiger partial charge in [0.25, 0.3) is 0 Å². The topological polar surface area (TPSA) is 30.5 Å². The molecule has 0 bridgehead atoms. The summed E-state index contributed by atoms with van der Waals surface area (Å²) in [7, 11) is 0. The van der Waals surface area contributed by atoms with Gasteiger partial charge < -0.3 is 14.8 Å². The van der Waals surface area contributed by atoms with E-state index in [9.17, 15) is 0 Å². The fourth-order valence-electron chi connectivity index (χ4n) is 2.59. The normalized spacial score (nSPS) is 15.8. The maximum absolute atomic E-state index is 6.26. The second-order valence-electron chi connectivity index (χ2n) is 5.74. The van der Waals surface area contributed by atoms with Gasteiger partial charge in [-0.2, -0.15) is 0 Å². The van der Waals surface area contributed by atoms with E-state index in [1.165, 1.54) is 18.4 Å². The van der Waals surface area contributed by atoms with E-state index in [0.717, 1.165) is 30.9 Å². The first-order valence-electron chi connectivity index (χ1n) is 7.85. The summed E-state index contributed by atoms with van der Waals surface area (Å²) < 4.78 is 12.0. The molecule has 0 radical (unpaired) electrons. The van der Waals surface area contributed by atoms with Crippen LogP contribution in [0, 0.1) is 0 Å². The van der Waals surface area contributed by atoms with Crippen LogP contribution in [-0.2, 0) is 6.54 Å². The van der Waals surface area contributed by atoms with Crippen LogP contribution in [0.2, 0.25) is 0 Å². The van der Waals surface area contributed by atoms with Gasteiger partial charge in [-0.15, -0.1) is 0 Å². The highest BCUT2D eigenvalue weighted by molar-refractivity contribution is 5.47. The Morgan fingerprint density at radius 3 is 2.65 bits per heavy atom. The molecule has 0 amide bonds. The summed E-state index contributed by atoms with van der Waals surface area (Å²) in [5, 5.41) is 3.46. The average molecular weight is 277 g/mol. The van der Waals surface area contributed by atoms with Crippen molar-refractivity contribution in [2.45, 2.75) is 65.1 Å². The van der Waals surface area contributed by atoms with Gasteiger partial charge in [0.15, 0.2) is 11.5 Å². The lowest BCUT2D eigenvalue weighted by Crippen LogP contribution is -2.23. The molecule has 3 heteroatoms. The van der Waals surface area contributed by atoms with Crippen molar-refractivity contribution in [1.82, 2.24) is 5.32 Å². The summed E-state index contributed by atoms with van der Waals surface area (Å²) in [5.74, 6) is 1.82. The van der Waals surface area contributed by atoms with Crippen molar-refractivity contribution in [3.05, 3.63) is 23.8 Å². The number of hydrogen-bond donors (Lipinski definition) is 1. The Morgan fingerprint density at radius 1 is 1.25 bits per heavy atom. The van der Waals surface area contributed by atoms with Gasteiger partial charge >= 0.3 is 0 Å². The molecule has 1 N–H and O–H groups in total. The van der Waals surface area contributed by atoms with Gasteiger partial charge in [0, 0.05) is 18.2 Å². The Morgan fingerprint density at radius 2 is 2.00 bits per heavy atom. The molecule has 1 aliphatic carbocycles. The third kappa shape index (κ3) is 4.14. The van der Waals surface area contributed by atoms with Crippen LogP contribution in [0.15, 0.2) is 18.2 Å². The van der Waals surface area contributed by atoms with E-state index in [4.69, 9.17) is 9.47 Å². The summed E-state index contributed by atoms with van der Waals surface area (Å²) in [6.45, 7) is 7.81. The van der Waals surface area contributed by atoms with Crippen LogP contribution in [0.4, 0.5) is 0 Å². The lowest BCUT2D eigenvalue weighted by Gasteiger charge is -2.20. The standard InChI is InChI=1S/C17H27NO2/c1-4-19-16-11-7-8-14(12-18-13(2)3)17(16)20-15-9-5-6-10-15/h7-8,11,13,15,18H,4-6,9-10,12H2,1-3H3. The van der Waals surface area contributed by atoms with Crippen LogP contribution in [0.25, 0.3) is 0 Å². The number of rotatable bonds is 7. The van der Waals surface area contributed by atoms with Gasteiger partial charge in [-0.3, -0.25) is 0 Å². The summed E-state index contributed by atoms with van der Waals surface area (Å²) in [6, 6.07) is 6.64. The van der Waals surface area contributed by atoms with Gasteiger partial charge in [-0.1, -0.05) is 26.0 Å². The first kappa shape index (κ1) is 15.2. The van der Waals surface area contributed by atoms with E-state index in [1.807, 2.05) is 19.1 Å². The van der Waals surface area contributed by atoms with E-state index in [1.54, 1.807) is 0 Å². The molecule has 1 fully saturated rings. The van der Waals surface area contributed by atoms with Crippen molar-refractivity contribution >= 4 is 0 Å². The third-order valence-corrected chi connectivity index (χ3v) is 3.65. The minimum Gasteiger partial charge on any atom is -0.490 e. The molecule has 0 atom stereocenters. The molecule has 1 aromatic carbocycles. The summed E-state index contributed by atoms with van der Waals surface area (Å²) >= 11 is 0. The molecule has 0 aromatic heterocycles. The molecule has 2 rings (SSSR count). The maximum Gasteiger partial charge on any atom is 0.166 e. The third-order valence-electron chi connectivity index (χ3n) is 3.65. The smallest absolute Gasteiger partial charge is 0.166 e. The van der Waals surface area contributed by atoms with Gasteiger partial charge in [0.1, 0.15) is 0 Å². The molecule has 0 heterocycles. The second-order valence-corrected chi connectivity index (χ2v) is 5.74. The zero-order valence-electron chi connectivity index (χ0n) is 12.9. The van der Waals surface area contributed by atoms with Gasteiger partial charge in [-0.25, -0.2) is 0 Å². The summed E-state index contributed by atoms with van der Waals surface area (Å²) in [6.07, 6.45) is 5.24. The fraction of sp³-hybridized carbons (Fsp3) is 0.647. The van der Waals surface area contributed by atoms with Gasteiger partial charge in [0.2, 0.25) is 0 Å². The second kappa shape index (κ2) is 7.53. The minimum atomic E-state index is 0.356. The molecule has 20 heavy (non-hydrogen) atoms. The zero-order chi connectivity index (χ0) is 14.4. The van der Waals surface area contributed by atoms with Crippen LogP contribution >= 0.6 is 0 Å². The van der Waals surface area contributed by atoms with E-state index in [2.05, 4.69) is 25.2 Å². The average Bonchev–Trinajstić information content (AvgIpc) is 2.92. The molecule has 0 saturated heterocycles. The van der Waals surface area contributed by atoms with Crippen molar-refractivity contribution in [2.24, 2.45) is 0 Å². The Balaban J connectivity index is 2.16. The molecule has 0 unspecified atom stereocenters. The number of benzene rings is 1. The highest BCUT2D eigenvalue weighted by Gasteiger charge is 2.20. The van der Waals surface area contributed by atoms with Crippen LogP contribution in [0.3, 0.4) is 0 Å². The lowest BCUT2D eigenvalue weighted by molar-refractivity contribution is 0.194. The SMILES string of the molecule is CCOc1cccc(CNC(C)C)c1OC1CCCC1. The largest absolute Gasteiger partial charge is 0.490 e. The van der Waals surface area contributed by atoms with Crippen LogP contribution in [-0.4, -0.2) is 18.8 Å². The molecule has 1 saturated carbocycles. The highest BCUT2D eigenvalue weighted by Crippen LogP contribution is 2.35. The monoisotopic (exact) mass is 277 g/mol. The van der Waals surface area contributed by atoms with E-state index in [-0.39, 0.29) is 0 Å². The number of ether oxygens (including phenoxy) is 2. The predicted molar refractivity (Wildman–Crippen MR) is 82.5 cm³/mol. The minimum absolute atomic E-state index is 0.356. The maximum atomic E-state index is 6.26. The molecular formula is C17H27NO2. The van der Waals surface area contributed by atoms with Gasteiger partial charge in [0.05, 0.1) is 12.7 Å². The Kier molecular flexibility index (Phi) is 5.72. The predicted octanol–water partition coefficient (Wildman–Crippen LogP) is 3.90. The van der Waals surface area contributed by atoms with Crippen molar-refractivity contribution < 1.29 is 9.47 Å². The summed E-state index contributed by atoms with van der Waals surface area (Å²) in [4.78, 5) is 0. The Bertz CT molecular complexity index is 411. The van der Waals surface area contributed by atoms with Crippen LogP contribution in [0.1, 0.15) is 52.0 Å². The molecule has 112 valence electrons. The molecule has 3 nitrogen and oxygen atoms in total. The van der Waals surface area contributed by atoms with Crippen molar-refractivity contribution in [1.29, 1.82) is 0 Å². The molecular weight excluding hydrogens is 250 g/mol. The Hall–Kier alpha value is -1.22. The number of nitrogens with one attached hydrogen (secondary N) is 1. The van der Waals surface area contributed by atoms with E-state index >= 15 is 0 Å². The summed E-state index contributed by atoms with van der Waals surface area (Å²) in [5.41, 5.74) is 1.19. The van der Waals surface area contributed by atoms with Crippen molar-refractivity contribution in [2.75, 3.05) is 6.61 Å². The van der Waals surface area contributed by atoms with Crippen molar-refractivity contribution in [3.63, 3.8) is 0 Å². The first-order chi connectivity index (χ1) is 9.70. The lowest BCUT2D eigenvalue weighted by atomic mass is 10.1. The highest BCUT2D eigenvalue weighted by atomic mass is 16.5. The van der Waals surface area contributed by atoms with E-state index < -0.39 is 0 Å². The molecule has 0 aliphatic heterocycles. The number of para-hydroxylation sites is 1. The quantitative estimate of drug-likeness (QED) is 0.820. The Labute approximate surface area is 122 Å². The van der Waals surface area contributed by atoms with E-state index in [0.29, 0.717) is 18.8 Å².